The highest BCUT2D eigenvalue weighted by Gasteiger charge is 2.58. The Bertz CT molecular complexity index is 4320. The van der Waals surface area contributed by atoms with E-state index in [9.17, 15) is 0 Å². The number of thiophene rings is 2. The van der Waals surface area contributed by atoms with Crippen molar-refractivity contribution in [3.8, 4) is 0 Å². The van der Waals surface area contributed by atoms with Gasteiger partial charge in [-0.2, -0.15) is 0 Å². The minimum absolute atomic E-state index is 0.00703. The zero-order chi connectivity index (χ0) is 54.1. The Labute approximate surface area is 476 Å². The second kappa shape index (κ2) is 16.0. The lowest BCUT2D eigenvalue weighted by Crippen LogP contribution is -2.62. The van der Waals surface area contributed by atoms with Gasteiger partial charge in [0, 0.05) is 70.5 Å². The molecule has 0 radical (unpaired) electrons. The van der Waals surface area contributed by atoms with Gasteiger partial charge in [-0.1, -0.05) is 166 Å². The summed E-state index contributed by atoms with van der Waals surface area (Å²) in [6.45, 7) is 27.7. The van der Waals surface area contributed by atoms with Crippen molar-refractivity contribution in [3.05, 3.63) is 173 Å². The van der Waals surface area contributed by atoms with E-state index in [0.717, 1.165) is 19.3 Å². The molecule has 1 fully saturated rings. The molecule has 0 saturated heterocycles. The summed E-state index contributed by atoms with van der Waals surface area (Å²) in [6.07, 6.45) is 9.49. The summed E-state index contributed by atoms with van der Waals surface area (Å²) in [5.74, 6) is 0. The Kier molecular flexibility index (Phi) is 9.82. The average Bonchev–Trinajstić information content (AvgIpc) is 4.02. The molecule has 3 aliphatic carbocycles. The molecular weight excluding hydrogens is 994 g/mol. The molecule has 3 nitrogen and oxygen atoms in total. The van der Waals surface area contributed by atoms with Gasteiger partial charge >= 0.3 is 0 Å². The molecule has 16 rings (SSSR count). The Morgan fingerprint density at radius 2 is 0.937 bits per heavy atom. The van der Waals surface area contributed by atoms with Crippen LogP contribution in [0.25, 0.3) is 40.3 Å². The van der Waals surface area contributed by atoms with E-state index in [4.69, 9.17) is 0 Å². The van der Waals surface area contributed by atoms with Gasteiger partial charge in [-0.25, -0.2) is 0 Å². The zero-order valence-corrected chi connectivity index (χ0v) is 49.8. The molecule has 6 heteroatoms. The van der Waals surface area contributed by atoms with E-state index in [1.165, 1.54) is 168 Å². The van der Waals surface area contributed by atoms with Gasteiger partial charge in [0.15, 0.2) is 0 Å². The number of para-hydroxylation sites is 1. The van der Waals surface area contributed by atoms with Gasteiger partial charge in [-0.3, -0.25) is 0 Å². The quantitative estimate of drug-likeness (QED) is 0.163. The van der Waals surface area contributed by atoms with Crippen LogP contribution in [0, 0.1) is 6.92 Å². The minimum Gasteiger partial charge on any atom is -0.334 e. The van der Waals surface area contributed by atoms with Crippen LogP contribution in [0.15, 0.2) is 140 Å². The predicted molar refractivity (Wildman–Crippen MR) is 344 cm³/mol. The highest BCUT2D eigenvalue weighted by atomic mass is 32.1. The van der Waals surface area contributed by atoms with Crippen molar-refractivity contribution >= 4 is 132 Å². The van der Waals surface area contributed by atoms with E-state index in [-0.39, 0.29) is 39.3 Å². The van der Waals surface area contributed by atoms with E-state index in [1.54, 1.807) is 0 Å². The van der Waals surface area contributed by atoms with Crippen molar-refractivity contribution in [1.82, 2.24) is 0 Å². The zero-order valence-electron chi connectivity index (χ0n) is 48.2. The summed E-state index contributed by atoms with van der Waals surface area (Å²) in [7, 11) is 0. The first-order valence-corrected chi connectivity index (χ1v) is 31.3. The number of benzene rings is 8. The van der Waals surface area contributed by atoms with Gasteiger partial charge in [0.25, 0.3) is 6.71 Å². The van der Waals surface area contributed by atoms with E-state index >= 15 is 0 Å². The van der Waals surface area contributed by atoms with Gasteiger partial charge in [0.1, 0.15) is 0 Å². The lowest BCUT2D eigenvalue weighted by molar-refractivity contribution is 0.195. The topological polar surface area (TPSA) is 9.72 Å². The smallest absolute Gasteiger partial charge is 0.252 e. The molecule has 3 aliphatic heterocycles. The third-order valence-electron chi connectivity index (χ3n) is 21.8. The largest absolute Gasteiger partial charge is 0.334 e. The van der Waals surface area contributed by atoms with Crippen molar-refractivity contribution in [3.63, 3.8) is 0 Å². The maximum Gasteiger partial charge on any atom is 0.252 e. The van der Waals surface area contributed by atoms with Crippen LogP contribution in [0.4, 0.5) is 45.5 Å². The van der Waals surface area contributed by atoms with Crippen LogP contribution in [-0.4, -0.2) is 12.3 Å². The molecule has 1 saturated carbocycles. The number of fused-ring (bicyclic) bond motifs is 16. The molecule has 8 aromatic carbocycles. The van der Waals surface area contributed by atoms with Gasteiger partial charge in [-0.15, -0.1) is 22.7 Å². The molecule has 5 heterocycles. The van der Waals surface area contributed by atoms with Crippen LogP contribution in [0.3, 0.4) is 0 Å². The SMILES string of the molecule is Cc1cc2c(cc1N1c3cc(N4c5ccccc5C5(C)CCCCC45C)cc4c3B(c3cc5c(cc3N4c3cccc4c3sc3ccccc34)C(C)(C)CCC5(C)C)c3ccc4c(sc5ccccc54)c31)C(C)(C)CCC2(C)C. The normalized spacial score (nSPS) is 22.6. The van der Waals surface area contributed by atoms with Gasteiger partial charge in [0.05, 0.1) is 26.3 Å². The summed E-state index contributed by atoms with van der Waals surface area (Å²) in [5.41, 5.74) is 23.7. The second-order valence-corrected chi connectivity index (χ2v) is 30.2. The summed E-state index contributed by atoms with van der Waals surface area (Å²) in [4.78, 5) is 8.48. The maximum absolute atomic E-state index is 2.86. The van der Waals surface area contributed by atoms with Gasteiger partial charge in [-0.05, 0) is 172 Å². The molecule has 2 atom stereocenters. The van der Waals surface area contributed by atoms with Gasteiger partial charge in [0.2, 0.25) is 0 Å². The number of anilines is 8. The fraction of sp³-hybridized carbons (Fsp3) is 0.342. The van der Waals surface area contributed by atoms with E-state index in [0.29, 0.717) is 0 Å². The first-order chi connectivity index (χ1) is 37.8. The fourth-order valence-electron chi connectivity index (χ4n) is 16.9. The Morgan fingerprint density at radius 1 is 0.405 bits per heavy atom. The molecule has 394 valence electrons. The molecule has 0 spiro atoms. The highest BCUT2D eigenvalue weighted by molar-refractivity contribution is 7.27. The van der Waals surface area contributed by atoms with Crippen molar-refractivity contribution < 1.29 is 0 Å². The molecular formula is C73H72BN3S2. The van der Waals surface area contributed by atoms with Crippen LogP contribution in [-0.2, 0) is 27.1 Å². The number of aryl methyl sites for hydroxylation is 1. The van der Waals surface area contributed by atoms with Crippen molar-refractivity contribution in [2.75, 3.05) is 14.7 Å². The summed E-state index contributed by atoms with van der Waals surface area (Å²) in [5, 5.41) is 5.36. The lowest BCUT2D eigenvalue weighted by atomic mass is 9.33. The standard InChI is InChI=1S/C73H72BN3S2/c1-43-37-50-52(70(6,7)35-33-68(50,2)3)41-58(43)76-61-39-44(77-56-25-15-14-24-49(56)72(10)31-18-19-32-73(72,77)11)38-60-64(61)74(54-30-29-48-46-22-13-17-28-63(46)79-67(48)65(54)76)55-40-51-53(71(8,9)36-34-69(51,4)5)42-59(55)75(60)57-26-20-23-47-45-21-12-16-27-62(45)78-66(47)57/h12-17,20-30,37-42H,18-19,31-36H2,1-11H3. The van der Waals surface area contributed by atoms with Crippen molar-refractivity contribution in [2.24, 2.45) is 0 Å². The maximum atomic E-state index is 2.86. The Hall–Kier alpha value is -6.34. The number of nitrogens with zero attached hydrogens (tertiary/aromatic N) is 3. The average molecular weight is 1070 g/mol. The third-order valence-corrected chi connectivity index (χ3v) is 24.2. The number of hydrogen-bond acceptors (Lipinski definition) is 5. The van der Waals surface area contributed by atoms with Gasteiger partial charge < -0.3 is 14.7 Å². The van der Waals surface area contributed by atoms with E-state index < -0.39 is 0 Å². The summed E-state index contributed by atoms with van der Waals surface area (Å²) < 4.78 is 5.41. The Balaban J connectivity index is 1.10. The minimum atomic E-state index is -0.139. The molecule has 0 bridgehead atoms. The third kappa shape index (κ3) is 6.37. The number of hydrogen-bond donors (Lipinski definition) is 0. The fourth-order valence-corrected chi connectivity index (χ4v) is 19.4. The summed E-state index contributed by atoms with van der Waals surface area (Å²) in [6, 6.07) is 56.1. The molecule has 2 unspecified atom stereocenters. The molecule has 6 aliphatic rings. The molecule has 0 N–H and O–H groups in total. The van der Waals surface area contributed by atoms with Crippen LogP contribution in [0.2, 0.25) is 0 Å². The van der Waals surface area contributed by atoms with E-state index in [1.807, 2.05) is 22.7 Å². The molecule has 79 heavy (non-hydrogen) atoms. The molecule has 0 amide bonds. The van der Waals surface area contributed by atoms with Crippen LogP contribution >= 0.6 is 22.7 Å². The monoisotopic (exact) mass is 1070 g/mol. The first kappa shape index (κ1) is 48.6. The number of rotatable bonds is 3. The van der Waals surface area contributed by atoms with Crippen LogP contribution in [0.1, 0.15) is 154 Å². The van der Waals surface area contributed by atoms with Crippen LogP contribution in [0.5, 0.6) is 0 Å². The molecule has 10 aromatic rings. The second-order valence-electron chi connectivity index (χ2n) is 28.1. The van der Waals surface area contributed by atoms with Crippen molar-refractivity contribution in [1.29, 1.82) is 0 Å². The van der Waals surface area contributed by atoms with Crippen molar-refractivity contribution in [2.45, 2.75) is 160 Å². The summed E-state index contributed by atoms with van der Waals surface area (Å²) >= 11 is 3.96. The highest BCUT2D eigenvalue weighted by Crippen LogP contribution is 2.63. The van der Waals surface area contributed by atoms with E-state index in [2.05, 4.69) is 230 Å². The predicted octanol–water partition coefficient (Wildman–Crippen LogP) is 19.3. The first-order valence-electron chi connectivity index (χ1n) is 29.7. The van der Waals surface area contributed by atoms with Crippen LogP contribution < -0.4 is 31.1 Å². The lowest BCUT2D eigenvalue weighted by Gasteiger charge is -2.51. The Morgan fingerprint density at radius 3 is 1.62 bits per heavy atom. The molecule has 2 aromatic heterocycles.